The fourth-order valence-corrected chi connectivity index (χ4v) is 3.09. The SMILES string of the molecule is Cc1cc(C)c(-c2c(C)cc(C)c(F)c2C)c(C)c1F. The van der Waals surface area contributed by atoms with Gasteiger partial charge in [-0.25, -0.2) is 8.78 Å². The van der Waals surface area contributed by atoms with Crippen molar-refractivity contribution < 1.29 is 8.78 Å². The van der Waals surface area contributed by atoms with Crippen molar-refractivity contribution >= 4 is 0 Å². The van der Waals surface area contributed by atoms with E-state index < -0.39 is 0 Å². The fraction of sp³-hybridized carbons (Fsp3) is 0.333. The van der Waals surface area contributed by atoms with Gasteiger partial charge in [0.2, 0.25) is 0 Å². The average Bonchev–Trinajstić information content (AvgIpc) is 2.37. The molecule has 0 atom stereocenters. The summed E-state index contributed by atoms with van der Waals surface area (Å²) in [5.41, 5.74) is 6.06. The van der Waals surface area contributed by atoms with Crippen molar-refractivity contribution in [2.24, 2.45) is 0 Å². The highest BCUT2D eigenvalue weighted by molar-refractivity contribution is 5.77. The molecule has 2 aromatic rings. The Bertz CT molecular complexity index is 636. The molecule has 0 saturated carbocycles. The first kappa shape index (κ1) is 14.7. The van der Waals surface area contributed by atoms with Gasteiger partial charge in [0, 0.05) is 0 Å². The van der Waals surface area contributed by atoms with E-state index in [1.807, 2.05) is 26.0 Å². The van der Waals surface area contributed by atoms with Crippen LogP contribution >= 0.6 is 0 Å². The molecule has 0 radical (unpaired) electrons. The molecule has 0 amide bonds. The molecule has 0 N–H and O–H groups in total. The zero-order valence-electron chi connectivity index (χ0n) is 12.9. The van der Waals surface area contributed by atoms with Gasteiger partial charge < -0.3 is 0 Å². The van der Waals surface area contributed by atoms with E-state index in [1.54, 1.807) is 27.7 Å². The molecule has 20 heavy (non-hydrogen) atoms. The van der Waals surface area contributed by atoms with E-state index in [0.717, 1.165) is 22.3 Å². The molecule has 0 spiro atoms. The normalized spacial score (nSPS) is 11.0. The summed E-state index contributed by atoms with van der Waals surface area (Å²) in [7, 11) is 0. The Labute approximate surface area is 119 Å². The van der Waals surface area contributed by atoms with Crippen LogP contribution in [0.3, 0.4) is 0 Å². The van der Waals surface area contributed by atoms with Crippen molar-refractivity contribution in [2.45, 2.75) is 41.5 Å². The second-order valence-electron chi connectivity index (χ2n) is 5.65. The van der Waals surface area contributed by atoms with Crippen LogP contribution in [0.25, 0.3) is 11.1 Å². The van der Waals surface area contributed by atoms with Crippen molar-refractivity contribution in [1.82, 2.24) is 0 Å². The van der Waals surface area contributed by atoms with Crippen LogP contribution in [0.5, 0.6) is 0 Å². The molecular formula is C18H20F2. The Morgan fingerprint density at radius 3 is 1.15 bits per heavy atom. The van der Waals surface area contributed by atoms with Gasteiger partial charge >= 0.3 is 0 Å². The number of hydrogen-bond donors (Lipinski definition) is 0. The molecule has 2 aromatic carbocycles. The summed E-state index contributed by atoms with van der Waals surface area (Å²) in [4.78, 5) is 0. The summed E-state index contributed by atoms with van der Waals surface area (Å²) in [6.07, 6.45) is 0. The average molecular weight is 274 g/mol. The Kier molecular flexibility index (Phi) is 3.68. The summed E-state index contributed by atoms with van der Waals surface area (Å²) in [6, 6.07) is 3.66. The highest BCUT2D eigenvalue weighted by Crippen LogP contribution is 2.36. The third kappa shape index (κ3) is 2.13. The molecule has 0 aliphatic carbocycles. The summed E-state index contributed by atoms with van der Waals surface area (Å²) in [6.45, 7) is 10.9. The molecule has 0 bridgehead atoms. The number of hydrogen-bond acceptors (Lipinski definition) is 0. The van der Waals surface area contributed by atoms with Gasteiger partial charge in [0.1, 0.15) is 11.6 Å². The van der Waals surface area contributed by atoms with E-state index in [4.69, 9.17) is 0 Å². The van der Waals surface area contributed by atoms with E-state index in [9.17, 15) is 8.78 Å². The molecule has 0 saturated heterocycles. The van der Waals surface area contributed by atoms with Gasteiger partial charge in [-0.2, -0.15) is 0 Å². The van der Waals surface area contributed by atoms with Crippen LogP contribution in [-0.4, -0.2) is 0 Å². The molecule has 2 heteroatoms. The van der Waals surface area contributed by atoms with Crippen LogP contribution in [0.1, 0.15) is 33.4 Å². The third-order valence-electron chi connectivity index (χ3n) is 4.01. The Morgan fingerprint density at radius 1 is 0.550 bits per heavy atom. The van der Waals surface area contributed by atoms with Crippen LogP contribution in [-0.2, 0) is 0 Å². The monoisotopic (exact) mass is 274 g/mol. The topological polar surface area (TPSA) is 0 Å². The Balaban J connectivity index is 2.90. The van der Waals surface area contributed by atoms with Crippen LogP contribution in [0.2, 0.25) is 0 Å². The van der Waals surface area contributed by atoms with E-state index >= 15 is 0 Å². The summed E-state index contributed by atoms with van der Waals surface area (Å²) >= 11 is 0. The van der Waals surface area contributed by atoms with Crippen molar-refractivity contribution in [2.75, 3.05) is 0 Å². The molecule has 0 heterocycles. The van der Waals surface area contributed by atoms with Crippen molar-refractivity contribution in [3.63, 3.8) is 0 Å². The van der Waals surface area contributed by atoms with Crippen molar-refractivity contribution in [3.8, 4) is 11.1 Å². The van der Waals surface area contributed by atoms with E-state index in [-0.39, 0.29) is 11.6 Å². The predicted octanol–water partition coefficient (Wildman–Crippen LogP) is 5.48. The standard InChI is InChI=1S/C18H20F2/c1-9-7-11(3)17(19)13(5)15(9)16-10(2)8-12(4)18(20)14(16)6/h7-8H,1-6H3. The van der Waals surface area contributed by atoms with Gasteiger partial charge in [0.25, 0.3) is 0 Å². The lowest BCUT2D eigenvalue weighted by Crippen LogP contribution is -2.01. The highest BCUT2D eigenvalue weighted by Gasteiger charge is 2.18. The maximum atomic E-state index is 14.2. The van der Waals surface area contributed by atoms with Gasteiger partial charge in [-0.3, -0.25) is 0 Å². The van der Waals surface area contributed by atoms with E-state index in [0.29, 0.717) is 22.3 Å². The molecule has 0 aliphatic heterocycles. The largest absolute Gasteiger partial charge is 0.206 e. The van der Waals surface area contributed by atoms with E-state index in [1.165, 1.54) is 0 Å². The maximum Gasteiger partial charge on any atom is 0.129 e. The molecule has 0 unspecified atom stereocenters. The smallest absolute Gasteiger partial charge is 0.129 e. The third-order valence-corrected chi connectivity index (χ3v) is 4.01. The minimum Gasteiger partial charge on any atom is -0.206 e. The zero-order chi connectivity index (χ0) is 15.2. The summed E-state index contributed by atoms with van der Waals surface area (Å²) in [5, 5.41) is 0. The number of aryl methyl sites for hydroxylation is 4. The molecule has 2 rings (SSSR count). The first-order valence-electron chi connectivity index (χ1n) is 6.78. The molecule has 0 aromatic heterocycles. The summed E-state index contributed by atoms with van der Waals surface area (Å²) < 4.78 is 28.4. The van der Waals surface area contributed by atoms with Gasteiger partial charge in [-0.05, 0) is 86.1 Å². The molecule has 0 fully saturated rings. The van der Waals surface area contributed by atoms with Crippen LogP contribution in [0.4, 0.5) is 8.78 Å². The molecule has 0 nitrogen and oxygen atoms in total. The lowest BCUT2D eigenvalue weighted by atomic mass is 9.87. The minimum absolute atomic E-state index is 0.203. The van der Waals surface area contributed by atoms with Crippen LogP contribution in [0, 0.1) is 53.2 Å². The van der Waals surface area contributed by atoms with Crippen molar-refractivity contribution in [1.29, 1.82) is 0 Å². The molecule has 106 valence electrons. The maximum absolute atomic E-state index is 14.2. The molecule has 0 aliphatic rings. The molecular weight excluding hydrogens is 254 g/mol. The van der Waals surface area contributed by atoms with Gasteiger partial charge in [-0.1, -0.05) is 12.1 Å². The van der Waals surface area contributed by atoms with Gasteiger partial charge in [0.15, 0.2) is 0 Å². The first-order valence-corrected chi connectivity index (χ1v) is 6.78. The number of halogens is 2. The minimum atomic E-state index is -0.203. The fourth-order valence-electron chi connectivity index (χ4n) is 3.09. The second-order valence-corrected chi connectivity index (χ2v) is 5.65. The zero-order valence-corrected chi connectivity index (χ0v) is 12.9. The van der Waals surface area contributed by atoms with Crippen molar-refractivity contribution in [3.05, 3.63) is 57.1 Å². The first-order chi connectivity index (χ1) is 9.25. The Hall–Kier alpha value is -1.70. The number of benzene rings is 2. The van der Waals surface area contributed by atoms with E-state index in [2.05, 4.69) is 0 Å². The predicted molar refractivity (Wildman–Crippen MR) is 80.2 cm³/mol. The van der Waals surface area contributed by atoms with Gasteiger partial charge in [0.05, 0.1) is 0 Å². The van der Waals surface area contributed by atoms with Crippen LogP contribution < -0.4 is 0 Å². The lowest BCUT2D eigenvalue weighted by Gasteiger charge is -2.19. The Morgan fingerprint density at radius 2 is 0.850 bits per heavy atom. The quantitative estimate of drug-likeness (QED) is 0.645. The number of rotatable bonds is 1. The summed E-state index contributed by atoms with van der Waals surface area (Å²) in [5.74, 6) is -0.407. The van der Waals surface area contributed by atoms with Gasteiger partial charge in [-0.15, -0.1) is 0 Å². The van der Waals surface area contributed by atoms with Crippen LogP contribution in [0.15, 0.2) is 12.1 Å². The lowest BCUT2D eigenvalue weighted by molar-refractivity contribution is 0.606. The second kappa shape index (κ2) is 5.01. The highest BCUT2D eigenvalue weighted by atomic mass is 19.1.